The van der Waals surface area contributed by atoms with E-state index in [1.165, 1.54) is 0 Å². The Hall–Kier alpha value is -3.15. The van der Waals surface area contributed by atoms with E-state index in [0.29, 0.717) is 43.3 Å². The summed E-state index contributed by atoms with van der Waals surface area (Å²) in [5.74, 6) is -1.45. The molecule has 41 heavy (non-hydrogen) atoms. The van der Waals surface area contributed by atoms with Crippen molar-refractivity contribution < 1.29 is 37.6 Å². The van der Waals surface area contributed by atoms with E-state index in [1.807, 2.05) is 20.8 Å². The normalized spacial score (nSPS) is 18.5. The molecule has 1 aliphatic heterocycles. The number of nitrogens with one attached hydrogen (secondary N) is 2. The summed E-state index contributed by atoms with van der Waals surface area (Å²) in [5, 5.41) is 16.0. The van der Waals surface area contributed by atoms with E-state index in [4.69, 9.17) is 0 Å². The van der Waals surface area contributed by atoms with E-state index in [1.54, 1.807) is 4.90 Å². The summed E-state index contributed by atoms with van der Waals surface area (Å²) in [6, 6.07) is 2.91. The number of benzene rings is 1. The van der Waals surface area contributed by atoms with E-state index in [9.17, 15) is 37.6 Å². The maximum atomic E-state index is 13.6. The van der Waals surface area contributed by atoms with Crippen molar-refractivity contribution in [2.45, 2.75) is 84.0 Å². The number of hydroxylamine groups is 2. The zero-order chi connectivity index (χ0) is 30.4. The minimum absolute atomic E-state index is 0.121. The summed E-state index contributed by atoms with van der Waals surface area (Å²) in [5.41, 5.74) is -1.33. The van der Waals surface area contributed by atoms with Crippen LogP contribution in [0.4, 0.5) is 13.2 Å². The molecule has 1 heterocycles. The van der Waals surface area contributed by atoms with Crippen LogP contribution in [-0.4, -0.2) is 71.0 Å². The molecule has 0 radical (unpaired) electrons. The van der Waals surface area contributed by atoms with E-state index in [-0.39, 0.29) is 36.4 Å². The number of alkyl halides is 3. The SMILES string of the molecule is CC(C)(C)C(NC(=O)C(CC1CCCC1)CN(O)C=O)C(=O)N1CCC(NC(=O)c2ccc(C(F)(F)F)cc2)CC1. The molecule has 3 rings (SSSR count). The molecule has 0 bridgehead atoms. The predicted molar refractivity (Wildman–Crippen MR) is 145 cm³/mol. The van der Waals surface area contributed by atoms with Gasteiger partial charge in [-0.2, -0.15) is 13.2 Å². The fraction of sp³-hybridized carbons (Fsp3) is 0.655. The molecule has 1 aromatic rings. The van der Waals surface area contributed by atoms with Crippen molar-refractivity contribution >= 4 is 24.1 Å². The minimum Gasteiger partial charge on any atom is -0.349 e. The van der Waals surface area contributed by atoms with Gasteiger partial charge < -0.3 is 15.5 Å². The molecule has 1 saturated carbocycles. The Morgan fingerprint density at radius 2 is 1.63 bits per heavy atom. The lowest BCUT2D eigenvalue weighted by molar-refractivity contribution is -0.156. The predicted octanol–water partition coefficient (Wildman–Crippen LogP) is 4.00. The standard InChI is InChI=1S/C29H41F3N4O5/c1-28(2,3)24(34-26(39)21(17-36(41)18-37)16-19-6-4-5-7-19)27(40)35-14-12-23(13-15-35)33-25(38)20-8-10-22(11-9-20)29(30,31)32/h8-11,18-19,21,23-24,41H,4-7,12-17H2,1-3H3,(H,33,38)(H,34,39). The van der Waals surface area contributed by atoms with Gasteiger partial charge >= 0.3 is 6.18 Å². The fourth-order valence-corrected chi connectivity index (χ4v) is 5.60. The third-order valence-electron chi connectivity index (χ3n) is 8.01. The number of hydrogen-bond donors (Lipinski definition) is 3. The van der Waals surface area contributed by atoms with Gasteiger partial charge in [-0.25, -0.2) is 5.06 Å². The van der Waals surface area contributed by atoms with Gasteiger partial charge in [-0.15, -0.1) is 0 Å². The second-order valence-corrected chi connectivity index (χ2v) is 12.3. The number of likely N-dealkylation sites (tertiary alicyclic amines) is 1. The average Bonchev–Trinajstić information content (AvgIpc) is 3.43. The summed E-state index contributed by atoms with van der Waals surface area (Å²) in [7, 11) is 0. The average molecular weight is 583 g/mol. The largest absolute Gasteiger partial charge is 0.416 e. The van der Waals surface area contributed by atoms with E-state index in [0.717, 1.165) is 49.9 Å². The first-order valence-electron chi connectivity index (χ1n) is 14.2. The summed E-state index contributed by atoms with van der Waals surface area (Å²) >= 11 is 0. The van der Waals surface area contributed by atoms with Crippen molar-refractivity contribution in [1.82, 2.24) is 20.6 Å². The molecule has 1 saturated heterocycles. The van der Waals surface area contributed by atoms with Gasteiger partial charge in [0.25, 0.3) is 5.91 Å². The second-order valence-electron chi connectivity index (χ2n) is 12.3. The molecule has 228 valence electrons. The molecular weight excluding hydrogens is 541 g/mol. The molecular formula is C29H41F3N4O5. The Labute approximate surface area is 238 Å². The Bertz CT molecular complexity index is 1060. The highest BCUT2D eigenvalue weighted by atomic mass is 19.4. The van der Waals surface area contributed by atoms with Crippen molar-refractivity contribution in [1.29, 1.82) is 0 Å². The quantitative estimate of drug-likeness (QED) is 0.219. The molecule has 3 N–H and O–H groups in total. The smallest absolute Gasteiger partial charge is 0.349 e. The molecule has 12 heteroatoms. The molecule has 0 spiro atoms. The molecule has 2 aliphatic rings. The lowest BCUT2D eigenvalue weighted by atomic mass is 9.84. The van der Waals surface area contributed by atoms with Gasteiger partial charge in [-0.1, -0.05) is 46.5 Å². The van der Waals surface area contributed by atoms with Crippen LogP contribution >= 0.6 is 0 Å². The van der Waals surface area contributed by atoms with Crippen molar-refractivity contribution in [3.63, 3.8) is 0 Å². The molecule has 2 unspecified atom stereocenters. The Morgan fingerprint density at radius 3 is 2.15 bits per heavy atom. The van der Waals surface area contributed by atoms with E-state index in [2.05, 4.69) is 10.6 Å². The van der Waals surface area contributed by atoms with E-state index >= 15 is 0 Å². The number of piperidine rings is 1. The first kappa shape index (κ1) is 32.4. The van der Waals surface area contributed by atoms with Gasteiger partial charge in [0.2, 0.25) is 18.2 Å². The van der Waals surface area contributed by atoms with Crippen LogP contribution in [0.5, 0.6) is 0 Å². The van der Waals surface area contributed by atoms with Gasteiger partial charge in [0, 0.05) is 24.7 Å². The van der Waals surface area contributed by atoms with Gasteiger partial charge in [0.1, 0.15) is 6.04 Å². The topological polar surface area (TPSA) is 119 Å². The Kier molecular flexibility index (Phi) is 10.8. The summed E-state index contributed by atoms with van der Waals surface area (Å²) in [6.45, 7) is 6.06. The lowest BCUT2D eigenvalue weighted by Gasteiger charge is -2.39. The fourth-order valence-electron chi connectivity index (χ4n) is 5.60. The van der Waals surface area contributed by atoms with Crippen LogP contribution in [0.25, 0.3) is 0 Å². The zero-order valence-electron chi connectivity index (χ0n) is 23.9. The molecule has 1 aromatic carbocycles. The minimum atomic E-state index is -4.48. The molecule has 9 nitrogen and oxygen atoms in total. The number of hydrogen-bond acceptors (Lipinski definition) is 5. The van der Waals surface area contributed by atoms with Crippen molar-refractivity contribution in [2.24, 2.45) is 17.3 Å². The van der Waals surface area contributed by atoms with Gasteiger partial charge in [-0.05, 0) is 54.9 Å². The maximum absolute atomic E-state index is 13.6. The molecule has 2 fully saturated rings. The zero-order valence-corrected chi connectivity index (χ0v) is 23.9. The highest BCUT2D eigenvalue weighted by Crippen LogP contribution is 2.32. The lowest BCUT2D eigenvalue weighted by Crippen LogP contribution is -2.58. The summed E-state index contributed by atoms with van der Waals surface area (Å²) in [6.07, 6.45) is 1.35. The Morgan fingerprint density at radius 1 is 1.05 bits per heavy atom. The summed E-state index contributed by atoms with van der Waals surface area (Å²) < 4.78 is 38.4. The molecule has 1 aliphatic carbocycles. The number of carbonyl (C=O) groups is 4. The van der Waals surface area contributed by atoms with E-state index < -0.39 is 35.0 Å². The van der Waals surface area contributed by atoms with Crippen molar-refractivity contribution in [2.75, 3.05) is 19.6 Å². The van der Waals surface area contributed by atoms with Crippen molar-refractivity contribution in [3.8, 4) is 0 Å². The van der Waals surface area contributed by atoms with Gasteiger partial charge in [0.05, 0.1) is 18.0 Å². The Balaban J connectivity index is 1.59. The molecule has 0 aromatic heterocycles. The highest BCUT2D eigenvalue weighted by Gasteiger charge is 2.39. The molecule has 4 amide bonds. The third kappa shape index (κ3) is 9.17. The second kappa shape index (κ2) is 13.7. The first-order chi connectivity index (χ1) is 19.2. The van der Waals surface area contributed by atoms with Crippen LogP contribution < -0.4 is 10.6 Å². The number of amides is 4. The first-order valence-corrected chi connectivity index (χ1v) is 14.2. The number of halogens is 3. The number of rotatable bonds is 10. The van der Waals surface area contributed by atoms with Crippen LogP contribution in [0.15, 0.2) is 24.3 Å². The van der Waals surface area contributed by atoms with Crippen LogP contribution in [0, 0.1) is 17.3 Å². The monoisotopic (exact) mass is 582 g/mol. The number of carbonyl (C=O) groups excluding carboxylic acids is 4. The number of nitrogens with zero attached hydrogens (tertiary/aromatic N) is 2. The third-order valence-corrected chi connectivity index (χ3v) is 8.01. The van der Waals surface area contributed by atoms with Gasteiger partial charge in [-0.3, -0.25) is 24.4 Å². The van der Waals surface area contributed by atoms with Gasteiger partial charge in [0.15, 0.2) is 0 Å². The summed E-state index contributed by atoms with van der Waals surface area (Å²) in [4.78, 5) is 52.2. The maximum Gasteiger partial charge on any atom is 0.416 e. The van der Waals surface area contributed by atoms with Crippen LogP contribution in [0.2, 0.25) is 0 Å². The molecule has 2 atom stereocenters. The van der Waals surface area contributed by atoms with Crippen LogP contribution in [-0.2, 0) is 20.6 Å². The van der Waals surface area contributed by atoms with Crippen LogP contribution in [0.1, 0.15) is 81.6 Å². The van der Waals surface area contributed by atoms with Crippen LogP contribution in [0.3, 0.4) is 0 Å². The highest BCUT2D eigenvalue weighted by molar-refractivity contribution is 5.94. The van der Waals surface area contributed by atoms with Crippen molar-refractivity contribution in [3.05, 3.63) is 35.4 Å².